The molecule has 0 bridgehead atoms. The number of aryl methyl sites for hydroxylation is 2. The van der Waals surface area contributed by atoms with Gasteiger partial charge in [0, 0.05) is 23.7 Å². The second-order valence-electron chi connectivity index (χ2n) is 6.58. The van der Waals surface area contributed by atoms with Gasteiger partial charge in [0.1, 0.15) is 5.65 Å². The molecule has 8 nitrogen and oxygen atoms in total. The van der Waals surface area contributed by atoms with Gasteiger partial charge in [-0.15, -0.1) is 10.2 Å². The van der Waals surface area contributed by atoms with Crippen molar-refractivity contribution in [3.05, 3.63) is 75.8 Å². The van der Waals surface area contributed by atoms with E-state index in [2.05, 4.69) is 25.8 Å². The van der Waals surface area contributed by atoms with E-state index in [1.54, 1.807) is 6.20 Å². The maximum absolute atomic E-state index is 12.3. The highest BCUT2D eigenvalue weighted by atomic mass is 32.2. The molecule has 0 saturated heterocycles. The van der Waals surface area contributed by atoms with E-state index in [1.165, 1.54) is 33.6 Å². The molecular weight excluding hydrogens is 420 g/mol. The standard InChI is InChI=1S/C20H18N6O2S2/c1-12-5-7-14(8-6-12)22-18(28)23-19-24-25-20(30-19)29-11-15-10-16(27)26-9-3-4-13(2)17(26)21-15/h3-10H,11H2,1-2H3,(H2,22,23,24,28). The first kappa shape index (κ1) is 20.0. The molecule has 152 valence electrons. The smallest absolute Gasteiger partial charge is 0.308 e. The van der Waals surface area contributed by atoms with Crippen LogP contribution in [-0.4, -0.2) is 25.6 Å². The number of nitrogens with zero attached hydrogens (tertiary/aromatic N) is 4. The Balaban J connectivity index is 1.38. The number of aromatic nitrogens is 4. The first-order valence-electron chi connectivity index (χ1n) is 9.07. The molecule has 0 spiro atoms. The number of carbonyl (C=O) groups excluding carboxylic acids is 1. The number of thioether (sulfide) groups is 1. The van der Waals surface area contributed by atoms with Gasteiger partial charge < -0.3 is 5.32 Å². The molecule has 3 aromatic heterocycles. The zero-order valence-corrected chi connectivity index (χ0v) is 17.9. The quantitative estimate of drug-likeness (QED) is 0.359. The van der Waals surface area contributed by atoms with Gasteiger partial charge in [0.15, 0.2) is 4.34 Å². The minimum absolute atomic E-state index is 0.119. The summed E-state index contributed by atoms with van der Waals surface area (Å²) in [4.78, 5) is 29.0. The average molecular weight is 439 g/mol. The zero-order valence-electron chi connectivity index (χ0n) is 16.2. The maximum Gasteiger partial charge on any atom is 0.325 e. The fourth-order valence-electron chi connectivity index (χ4n) is 2.73. The number of fused-ring (bicyclic) bond motifs is 1. The summed E-state index contributed by atoms with van der Waals surface area (Å²) < 4.78 is 2.20. The number of hydrogen-bond donors (Lipinski definition) is 2. The predicted molar refractivity (Wildman–Crippen MR) is 119 cm³/mol. The molecule has 4 rings (SSSR count). The highest BCUT2D eigenvalue weighted by Gasteiger charge is 2.11. The van der Waals surface area contributed by atoms with Crippen molar-refractivity contribution in [2.75, 3.05) is 10.6 Å². The molecule has 1 aromatic carbocycles. The monoisotopic (exact) mass is 438 g/mol. The second kappa shape index (κ2) is 8.64. The summed E-state index contributed by atoms with van der Waals surface area (Å²) in [7, 11) is 0. The molecule has 0 radical (unpaired) electrons. The molecule has 0 aliphatic carbocycles. The van der Waals surface area contributed by atoms with Crippen molar-refractivity contribution >= 4 is 45.6 Å². The lowest BCUT2D eigenvalue weighted by Gasteiger charge is -2.05. The van der Waals surface area contributed by atoms with Crippen LogP contribution >= 0.6 is 23.1 Å². The van der Waals surface area contributed by atoms with Crippen molar-refractivity contribution in [2.45, 2.75) is 23.9 Å². The molecule has 0 atom stereocenters. The van der Waals surface area contributed by atoms with Gasteiger partial charge in [-0.25, -0.2) is 9.78 Å². The fraction of sp³-hybridized carbons (Fsp3) is 0.150. The Bertz CT molecular complexity index is 1270. The van der Waals surface area contributed by atoms with Crippen LogP contribution < -0.4 is 16.2 Å². The van der Waals surface area contributed by atoms with Gasteiger partial charge >= 0.3 is 6.03 Å². The minimum atomic E-state index is -0.383. The van der Waals surface area contributed by atoms with Crippen molar-refractivity contribution in [3.8, 4) is 0 Å². The summed E-state index contributed by atoms with van der Waals surface area (Å²) in [6.07, 6.45) is 1.71. The summed E-state index contributed by atoms with van der Waals surface area (Å²) in [6, 6.07) is 12.4. The van der Waals surface area contributed by atoms with Crippen LogP contribution in [0.25, 0.3) is 5.65 Å². The number of benzene rings is 1. The van der Waals surface area contributed by atoms with E-state index in [0.717, 1.165) is 11.1 Å². The Hall–Kier alpha value is -3.24. The van der Waals surface area contributed by atoms with E-state index in [-0.39, 0.29) is 11.6 Å². The van der Waals surface area contributed by atoms with Gasteiger partial charge in [0.2, 0.25) is 5.13 Å². The number of hydrogen-bond acceptors (Lipinski definition) is 7. The van der Waals surface area contributed by atoms with Crippen LogP contribution in [0.2, 0.25) is 0 Å². The number of urea groups is 1. The molecule has 0 aliphatic rings. The average Bonchev–Trinajstić information content (AvgIpc) is 3.16. The van der Waals surface area contributed by atoms with Crippen molar-refractivity contribution in [1.29, 1.82) is 0 Å². The number of rotatable bonds is 5. The summed E-state index contributed by atoms with van der Waals surface area (Å²) in [5, 5.41) is 13.9. The highest BCUT2D eigenvalue weighted by Crippen LogP contribution is 2.28. The third-order valence-corrected chi connectivity index (χ3v) is 6.22. The molecule has 10 heteroatoms. The fourth-order valence-corrected chi connectivity index (χ4v) is 4.37. The van der Waals surface area contributed by atoms with E-state index in [4.69, 9.17) is 0 Å². The van der Waals surface area contributed by atoms with Gasteiger partial charge in [-0.1, -0.05) is 46.9 Å². The minimum Gasteiger partial charge on any atom is -0.308 e. The third-order valence-electron chi connectivity index (χ3n) is 4.22. The van der Waals surface area contributed by atoms with E-state index >= 15 is 0 Å². The first-order valence-corrected chi connectivity index (χ1v) is 10.9. The van der Waals surface area contributed by atoms with Gasteiger partial charge in [0.05, 0.1) is 5.69 Å². The lowest BCUT2D eigenvalue weighted by molar-refractivity contribution is 0.262. The van der Waals surface area contributed by atoms with Crippen LogP contribution in [0.1, 0.15) is 16.8 Å². The number of amides is 2. The summed E-state index contributed by atoms with van der Waals surface area (Å²) >= 11 is 2.67. The normalized spacial score (nSPS) is 10.9. The molecule has 0 saturated carbocycles. The highest BCUT2D eigenvalue weighted by molar-refractivity contribution is 8.00. The van der Waals surface area contributed by atoms with Crippen molar-refractivity contribution < 1.29 is 4.79 Å². The lowest BCUT2D eigenvalue weighted by atomic mass is 10.2. The van der Waals surface area contributed by atoms with Crippen molar-refractivity contribution in [2.24, 2.45) is 0 Å². The molecule has 30 heavy (non-hydrogen) atoms. The molecule has 0 unspecified atom stereocenters. The zero-order chi connectivity index (χ0) is 21.1. The number of anilines is 2. The molecule has 0 fully saturated rings. The SMILES string of the molecule is Cc1ccc(NC(=O)Nc2nnc(SCc3cc(=O)n4cccc(C)c4n3)s2)cc1. The first-order chi connectivity index (χ1) is 14.5. The van der Waals surface area contributed by atoms with Crippen LogP contribution in [0.4, 0.5) is 15.6 Å². The lowest BCUT2D eigenvalue weighted by Crippen LogP contribution is -2.19. The van der Waals surface area contributed by atoms with E-state index in [9.17, 15) is 9.59 Å². The van der Waals surface area contributed by atoms with E-state index in [0.29, 0.717) is 32.3 Å². The predicted octanol–water partition coefficient (Wildman–Crippen LogP) is 4.10. The maximum atomic E-state index is 12.3. The van der Waals surface area contributed by atoms with Crippen LogP contribution in [0.5, 0.6) is 0 Å². The molecule has 3 heterocycles. The van der Waals surface area contributed by atoms with Gasteiger partial charge in [-0.3, -0.25) is 14.5 Å². The van der Waals surface area contributed by atoms with Crippen LogP contribution in [0.3, 0.4) is 0 Å². The summed E-state index contributed by atoms with van der Waals surface area (Å²) in [5.74, 6) is 0.476. The number of nitrogens with one attached hydrogen (secondary N) is 2. The third kappa shape index (κ3) is 4.66. The molecular formula is C20H18N6O2S2. The summed E-state index contributed by atoms with van der Waals surface area (Å²) in [6.45, 7) is 3.90. The van der Waals surface area contributed by atoms with Gasteiger partial charge in [-0.05, 0) is 37.6 Å². The summed E-state index contributed by atoms with van der Waals surface area (Å²) in [5.41, 5.74) is 3.94. The van der Waals surface area contributed by atoms with E-state index in [1.807, 2.05) is 50.2 Å². The van der Waals surface area contributed by atoms with Crippen molar-refractivity contribution in [3.63, 3.8) is 0 Å². The second-order valence-corrected chi connectivity index (χ2v) is 8.78. The van der Waals surface area contributed by atoms with Crippen LogP contribution in [0.15, 0.2) is 57.8 Å². The Morgan fingerprint density at radius 3 is 2.73 bits per heavy atom. The Labute approximate surface area is 180 Å². The van der Waals surface area contributed by atoms with E-state index < -0.39 is 0 Å². The molecule has 2 N–H and O–H groups in total. The van der Waals surface area contributed by atoms with Crippen LogP contribution in [0, 0.1) is 13.8 Å². The number of carbonyl (C=O) groups is 1. The number of pyridine rings is 1. The van der Waals surface area contributed by atoms with Gasteiger partial charge in [-0.2, -0.15) is 0 Å². The topological polar surface area (TPSA) is 101 Å². The molecule has 0 aliphatic heterocycles. The van der Waals surface area contributed by atoms with Gasteiger partial charge in [0.25, 0.3) is 5.56 Å². The largest absolute Gasteiger partial charge is 0.325 e. The Kier molecular flexibility index (Phi) is 5.77. The van der Waals surface area contributed by atoms with Crippen LogP contribution in [-0.2, 0) is 5.75 Å². The van der Waals surface area contributed by atoms with Crippen molar-refractivity contribution in [1.82, 2.24) is 19.6 Å². The molecule has 2 amide bonds. The Morgan fingerprint density at radius 2 is 1.93 bits per heavy atom. The Morgan fingerprint density at radius 1 is 1.13 bits per heavy atom. The molecule has 4 aromatic rings.